The largest absolute Gasteiger partial charge is 0.336 e. The van der Waals surface area contributed by atoms with Crippen LogP contribution in [0.25, 0.3) is 0 Å². The lowest BCUT2D eigenvalue weighted by molar-refractivity contribution is -0.116. The Bertz CT molecular complexity index is 884. The number of benzene rings is 2. The van der Waals surface area contributed by atoms with Gasteiger partial charge in [-0.1, -0.05) is 24.3 Å². The number of nitrogens with zero attached hydrogens (tertiary/aromatic N) is 2. The molecule has 1 N–H and O–H groups in total. The first kappa shape index (κ1) is 20.7. The van der Waals surface area contributed by atoms with Crippen molar-refractivity contribution in [1.82, 2.24) is 9.80 Å². The fraction of sp³-hybridized carbons (Fsp3) is 0.348. The van der Waals surface area contributed by atoms with Gasteiger partial charge in [-0.05, 0) is 43.8 Å². The average Bonchev–Trinajstić information content (AvgIpc) is 2.73. The van der Waals surface area contributed by atoms with Crippen molar-refractivity contribution in [3.63, 3.8) is 0 Å². The van der Waals surface area contributed by atoms with Gasteiger partial charge in [0.15, 0.2) is 5.78 Å². The molecule has 1 saturated heterocycles. The highest BCUT2D eigenvalue weighted by Crippen LogP contribution is 2.15. The van der Waals surface area contributed by atoms with Crippen molar-refractivity contribution >= 4 is 23.3 Å². The van der Waals surface area contributed by atoms with Gasteiger partial charge in [-0.25, -0.2) is 0 Å². The van der Waals surface area contributed by atoms with Crippen molar-refractivity contribution in [2.75, 3.05) is 38.5 Å². The van der Waals surface area contributed by atoms with Crippen LogP contribution in [0, 0.1) is 6.92 Å². The smallest absolute Gasteiger partial charge is 0.253 e. The predicted octanol–water partition coefficient (Wildman–Crippen LogP) is 2.98. The van der Waals surface area contributed by atoms with Crippen LogP contribution < -0.4 is 5.32 Å². The summed E-state index contributed by atoms with van der Waals surface area (Å²) in [4.78, 5) is 41.1. The van der Waals surface area contributed by atoms with Crippen molar-refractivity contribution in [3.8, 4) is 0 Å². The summed E-state index contributed by atoms with van der Waals surface area (Å²) in [5.74, 6) is -0.240. The van der Waals surface area contributed by atoms with Gasteiger partial charge < -0.3 is 15.1 Å². The number of hydrogen-bond acceptors (Lipinski definition) is 4. The summed E-state index contributed by atoms with van der Waals surface area (Å²) in [6.07, 6.45) is 0.284. The molecule has 0 saturated carbocycles. The number of piperazine rings is 1. The van der Waals surface area contributed by atoms with Crippen LogP contribution >= 0.6 is 0 Å². The Balaban J connectivity index is 1.50. The second-order valence-corrected chi connectivity index (χ2v) is 7.46. The average molecular weight is 393 g/mol. The number of Topliss-reactive ketones (excluding diaryl/α,β-unsaturated/α-hetero) is 1. The third-order valence-electron chi connectivity index (χ3n) is 5.23. The van der Waals surface area contributed by atoms with E-state index < -0.39 is 0 Å². The van der Waals surface area contributed by atoms with Gasteiger partial charge in [0, 0.05) is 55.8 Å². The lowest BCUT2D eigenvalue weighted by Crippen LogP contribution is -2.47. The molecule has 0 unspecified atom stereocenters. The second kappa shape index (κ2) is 9.47. The fourth-order valence-electron chi connectivity index (χ4n) is 3.36. The van der Waals surface area contributed by atoms with E-state index in [0.29, 0.717) is 16.8 Å². The zero-order valence-corrected chi connectivity index (χ0v) is 17.0. The van der Waals surface area contributed by atoms with Gasteiger partial charge in [-0.2, -0.15) is 0 Å². The number of nitrogens with one attached hydrogen (secondary N) is 1. The molecule has 3 rings (SSSR count). The molecule has 2 aromatic rings. The molecule has 1 fully saturated rings. The molecule has 0 atom stereocenters. The van der Waals surface area contributed by atoms with E-state index >= 15 is 0 Å². The monoisotopic (exact) mass is 393 g/mol. The minimum atomic E-state index is -0.218. The Labute approximate surface area is 171 Å². The Morgan fingerprint density at radius 3 is 2.21 bits per heavy atom. The topological polar surface area (TPSA) is 69.7 Å². The number of aryl methyl sites for hydroxylation is 1. The minimum absolute atomic E-state index is 0.0137. The molecule has 1 heterocycles. The SMILES string of the molecule is Cc1ccccc1C(=O)CCC(=O)Nc1ccc(C(=O)N2CCN(C)CC2)cc1. The third-order valence-corrected chi connectivity index (χ3v) is 5.23. The fourth-order valence-corrected chi connectivity index (χ4v) is 3.36. The number of ketones is 1. The highest BCUT2D eigenvalue weighted by molar-refractivity contribution is 6.01. The maximum Gasteiger partial charge on any atom is 0.253 e. The first-order valence-corrected chi connectivity index (χ1v) is 9.90. The van der Waals surface area contributed by atoms with Crippen molar-refractivity contribution < 1.29 is 14.4 Å². The van der Waals surface area contributed by atoms with E-state index in [2.05, 4.69) is 10.2 Å². The van der Waals surface area contributed by atoms with Crippen LogP contribution in [0.5, 0.6) is 0 Å². The summed E-state index contributed by atoms with van der Waals surface area (Å²) in [5, 5.41) is 2.79. The van der Waals surface area contributed by atoms with Gasteiger partial charge in [0.25, 0.3) is 5.91 Å². The summed E-state index contributed by atoms with van der Waals surface area (Å²) in [5.41, 5.74) is 2.81. The van der Waals surface area contributed by atoms with Crippen molar-refractivity contribution in [3.05, 3.63) is 65.2 Å². The van der Waals surface area contributed by atoms with E-state index in [4.69, 9.17) is 0 Å². The Morgan fingerprint density at radius 1 is 0.897 bits per heavy atom. The molecule has 29 heavy (non-hydrogen) atoms. The van der Waals surface area contributed by atoms with E-state index in [1.54, 1.807) is 30.3 Å². The minimum Gasteiger partial charge on any atom is -0.336 e. The number of hydrogen-bond donors (Lipinski definition) is 1. The summed E-state index contributed by atoms with van der Waals surface area (Å²) < 4.78 is 0. The molecular formula is C23H27N3O3. The summed E-state index contributed by atoms with van der Waals surface area (Å²) in [7, 11) is 2.05. The van der Waals surface area contributed by atoms with Gasteiger partial charge in [-0.15, -0.1) is 0 Å². The number of anilines is 1. The van der Waals surface area contributed by atoms with Gasteiger partial charge in [-0.3, -0.25) is 14.4 Å². The number of amides is 2. The number of rotatable bonds is 6. The Hall–Kier alpha value is -2.99. The highest BCUT2D eigenvalue weighted by Gasteiger charge is 2.20. The summed E-state index contributed by atoms with van der Waals surface area (Å²) >= 11 is 0. The van der Waals surface area contributed by atoms with Crippen molar-refractivity contribution in [2.45, 2.75) is 19.8 Å². The second-order valence-electron chi connectivity index (χ2n) is 7.46. The lowest BCUT2D eigenvalue weighted by Gasteiger charge is -2.32. The molecular weight excluding hydrogens is 366 g/mol. The molecule has 0 aromatic heterocycles. The molecule has 1 aliphatic heterocycles. The summed E-state index contributed by atoms with van der Waals surface area (Å²) in [6.45, 7) is 5.09. The molecule has 0 radical (unpaired) electrons. The van der Waals surface area contributed by atoms with E-state index in [1.165, 1.54) is 0 Å². The van der Waals surface area contributed by atoms with E-state index in [0.717, 1.165) is 31.7 Å². The zero-order chi connectivity index (χ0) is 20.8. The molecule has 2 amide bonds. The maximum absolute atomic E-state index is 12.6. The molecule has 0 spiro atoms. The van der Waals surface area contributed by atoms with E-state index in [-0.39, 0.29) is 30.4 Å². The molecule has 1 aliphatic rings. The molecule has 0 aliphatic carbocycles. The van der Waals surface area contributed by atoms with Gasteiger partial charge in [0.05, 0.1) is 0 Å². The van der Waals surface area contributed by atoms with Gasteiger partial charge in [0.1, 0.15) is 0 Å². The highest BCUT2D eigenvalue weighted by atomic mass is 16.2. The van der Waals surface area contributed by atoms with Crippen LogP contribution in [-0.4, -0.2) is 60.6 Å². The van der Waals surface area contributed by atoms with Gasteiger partial charge >= 0.3 is 0 Å². The van der Waals surface area contributed by atoms with Crippen LogP contribution in [0.15, 0.2) is 48.5 Å². The normalized spacial score (nSPS) is 14.5. The Kier molecular flexibility index (Phi) is 6.77. The first-order chi connectivity index (χ1) is 13.9. The number of carbonyl (C=O) groups is 3. The molecule has 6 heteroatoms. The molecule has 6 nitrogen and oxygen atoms in total. The molecule has 0 bridgehead atoms. The number of carbonyl (C=O) groups excluding carboxylic acids is 3. The summed E-state index contributed by atoms with van der Waals surface area (Å²) in [6, 6.07) is 14.3. The van der Waals surface area contributed by atoms with E-state index in [9.17, 15) is 14.4 Å². The quantitative estimate of drug-likeness (QED) is 0.766. The standard InChI is InChI=1S/C23H27N3O3/c1-17-5-3-4-6-20(17)21(27)11-12-22(28)24-19-9-7-18(8-10-19)23(29)26-15-13-25(2)14-16-26/h3-10H,11-16H2,1-2H3,(H,24,28). The van der Waals surface area contributed by atoms with Crippen LogP contribution in [0.1, 0.15) is 39.1 Å². The van der Waals surface area contributed by atoms with Crippen LogP contribution in [0.2, 0.25) is 0 Å². The lowest BCUT2D eigenvalue weighted by atomic mass is 10.0. The van der Waals surface area contributed by atoms with Crippen LogP contribution in [0.4, 0.5) is 5.69 Å². The maximum atomic E-state index is 12.6. The van der Waals surface area contributed by atoms with Crippen LogP contribution in [0.3, 0.4) is 0 Å². The molecule has 2 aromatic carbocycles. The zero-order valence-electron chi connectivity index (χ0n) is 17.0. The molecule has 152 valence electrons. The van der Waals surface area contributed by atoms with Crippen molar-refractivity contribution in [2.24, 2.45) is 0 Å². The first-order valence-electron chi connectivity index (χ1n) is 9.90. The third kappa shape index (κ3) is 5.51. The Morgan fingerprint density at radius 2 is 1.55 bits per heavy atom. The predicted molar refractivity (Wildman–Crippen MR) is 113 cm³/mol. The van der Waals surface area contributed by atoms with Gasteiger partial charge in [0.2, 0.25) is 5.91 Å². The van der Waals surface area contributed by atoms with E-state index in [1.807, 2.05) is 37.1 Å². The van der Waals surface area contributed by atoms with Crippen molar-refractivity contribution in [1.29, 1.82) is 0 Å². The number of likely N-dealkylation sites (N-methyl/N-ethyl adjacent to an activating group) is 1. The van der Waals surface area contributed by atoms with Crippen LogP contribution in [-0.2, 0) is 4.79 Å².